The van der Waals surface area contributed by atoms with Crippen molar-refractivity contribution in [3.05, 3.63) is 70.1 Å². The molecule has 0 saturated heterocycles. The van der Waals surface area contributed by atoms with Crippen LogP contribution in [0.25, 0.3) is 11.4 Å². The van der Waals surface area contributed by atoms with Crippen LogP contribution in [0, 0.1) is 3.57 Å². The van der Waals surface area contributed by atoms with Gasteiger partial charge in [0.1, 0.15) is 5.82 Å². The Hall–Kier alpha value is -2.68. The number of aromatic nitrogens is 2. The number of benzene rings is 2. The van der Waals surface area contributed by atoms with Gasteiger partial charge >= 0.3 is 5.97 Å². The summed E-state index contributed by atoms with van der Waals surface area (Å²) in [6, 6.07) is 14.1. The predicted molar refractivity (Wildman–Crippen MR) is 102 cm³/mol. The van der Waals surface area contributed by atoms with Gasteiger partial charge in [-0.05, 0) is 59.0 Å². The summed E-state index contributed by atoms with van der Waals surface area (Å²) in [5.74, 6) is -0.220. The van der Waals surface area contributed by atoms with E-state index in [1.165, 1.54) is 0 Å². The fourth-order valence-electron chi connectivity index (χ4n) is 2.13. The number of ether oxygens (including phenoxy) is 1. The van der Waals surface area contributed by atoms with E-state index in [0.29, 0.717) is 11.3 Å². The van der Waals surface area contributed by atoms with Crippen LogP contribution in [0.4, 0.5) is 5.69 Å². The first-order valence-electron chi connectivity index (χ1n) is 7.44. The fourth-order valence-corrected chi connectivity index (χ4v) is 2.49. The quantitative estimate of drug-likeness (QED) is 0.464. The van der Waals surface area contributed by atoms with Crippen molar-refractivity contribution in [2.45, 2.75) is 0 Å². The molecule has 2 N–H and O–H groups in total. The molecule has 1 amide bonds. The van der Waals surface area contributed by atoms with E-state index in [2.05, 4.69) is 37.9 Å². The maximum Gasteiger partial charge on any atom is 0.338 e. The summed E-state index contributed by atoms with van der Waals surface area (Å²) in [7, 11) is 0. The van der Waals surface area contributed by atoms with E-state index in [1.807, 2.05) is 12.1 Å². The number of amides is 1. The molecule has 0 saturated carbocycles. The first-order chi connectivity index (χ1) is 12.1. The SMILES string of the molecule is O=C(COC(=O)c1ccc(-c2ncc[nH]2)cc1)Nc1ccc(I)cc1. The monoisotopic (exact) mass is 447 g/mol. The second kappa shape index (κ2) is 7.93. The second-order valence-electron chi connectivity index (χ2n) is 5.15. The highest BCUT2D eigenvalue weighted by molar-refractivity contribution is 14.1. The van der Waals surface area contributed by atoms with Crippen LogP contribution in [0.3, 0.4) is 0 Å². The first-order valence-corrected chi connectivity index (χ1v) is 8.52. The lowest BCUT2D eigenvalue weighted by atomic mass is 10.1. The molecule has 0 atom stereocenters. The smallest absolute Gasteiger partial charge is 0.338 e. The van der Waals surface area contributed by atoms with Crippen LogP contribution in [-0.2, 0) is 9.53 Å². The standard InChI is InChI=1S/C18H14IN3O3/c19-14-5-7-15(8-6-14)22-16(23)11-25-18(24)13-3-1-12(2-4-13)17-20-9-10-21-17/h1-10H,11H2,(H,20,21)(H,22,23). The van der Waals surface area contributed by atoms with Crippen molar-refractivity contribution in [1.29, 1.82) is 0 Å². The number of hydrogen-bond donors (Lipinski definition) is 2. The Bertz CT molecular complexity index is 860. The molecule has 126 valence electrons. The van der Waals surface area contributed by atoms with Gasteiger partial charge in [-0.25, -0.2) is 9.78 Å². The zero-order chi connectivity index (χ0) is 17.6. The molecular formula is C18H14IN3O3. The molecule has 1 heterocycles. The number of rotatable bonds is 5. The van der Waals surface area contributed by atoms with Gasteiger partial charge in [-0.1, -0.05) is 12.1 Å². The van der Waals surface area contributed by atoms with Crippen LogP contribution in [0.5, 0.6) is 0 Å². The molecule has 6 nitrogen and oxygen atoms in total. The largest absolute Gasteiger partial charge is 0.452 e. The van der Waals surface area contributed by atoms with E-state index in [9.17, 15) is 9.59 Å². The fraction of sp³-hybridized carbons (Fsp3) is 0.0556. The van der Waals surface area contributed by atoms with Crippen LogP contribution in [0.15, 0.2) is 60.9 Å². The Balaban J connectivity index is 1.53. The summed E-state index contributed by atoms with van der Waals surface area (Å²) in [5, 5.41) is 2.67. The number of aromatic amines is 1. The second-order valence-corrected chi connectivity index (χ2v) is 6.39. The van der Waals surface area contributed by atoms with Gasteiger partial charge in [0.2, 0.25) is 0 Å². The lowest BCUT2D eigenvalue weighted by Gasteiger charge is -2.07. The maximum absolute atomic E-state index is 12.0. The average Bonchev–Trinajstić information content (AvgIpc) is 3.16. The van der Waals surface area contributed by atoms with Crippen molar-refractivity contribution in [2.75, 3.05) is 11.9 Å². The third-order valence-electron chi connectivity index (χ3n) is 3.35. The molecule has 0 aliphatic heterocycles. The summed E-state index contributed by atoms with van der Waals surface area (Å²) in [5.41, 5.74) is 1.89. The van der Waals surface area contributed by atoms with E-state index in [4.69, 9.17) is 4.74 Å². The van der Waals surface area contributed by atoms with Crippen LogP contribution >= 0.6 is 22.6 Å². The number of nitrogens with one attached hydrogen (secondary N) is 2. The number of esters is 1. The van der Waals surface area contributed by atoms with E-state index < -0.39 is 5.97 Å². The van der Waals surface area contributed by atoms with Gasteiger partial charge < -0.3 is 15.0 Å². The van der Waals surface area contributed by atoms with E-state index in [0.717, 1.165) is 15.0 Å². The number of halogens is 1. The van der Waals surface area contributed by atoms with Crippen molar-refractivity contribution >= 4 is 40.2 Å². The molecule has 3 rings (SSSR count). The number of imidazole rings is 1. The Morgan fingerprint density at radius 2 is 1.80 bits per heavy atom. The highest BCUT2D eigenvalue weighted by Gasteiger charge is 2.11. The van der Waals surface area contributed by atoms with Gasteiger partial charge in [0.25, 0.3) is 5.91 Å². The molecule has 7 heteroatoms. The van der Waals surface area contributed by atoms with Crippen LogP contribution < -0.4 is 5.32 Å². The Kier molecular flexibility index (Phi) is 5.44. The minimum Gasteiger partial charge on any atom is -0.452 e. The van der Waals surface area contributed by atoms with Crippen molar-refractivity contribution < 1.29 is 14.3 Å². The number of hydrogen-bond acceptors (Lipinski definition) is 4. The van der Waals surface area contributed by atoms with Gasteiger partial charge in [-0.3, -0.25) is 4.79 Å². The zero-order valence-corrected chi connectivity index (χ0v) is 15.2. The third kappa shape index (κ3) is 4.66. The molecule has 0 aliphatic rings. The number of carbonyl (C=O) groups excluding carboxylic acids is 2. The predicted octanol–water partition coefficient (Wildman–Crippen LogP) is 3.48. The molecule has 1 aromatic heterocycles. The molecule has 2 aromatic carbocycles. The summed E-state index contributed by atoms with van der Waals surface area (Å²) >= 11 is 2.18. The van der Waals surface area contributed by atoms with Crippen LogP contribution in [-0.4, -0.2) is 28.5 Å². The minimum absolute atomic E-state index is 0.343. The Labute approximate surface area is 157 Å². The van der Waals surface area contributed by atoms with Crippen LogP contribution in [0.2, 0.25) is 0 Å². The van der Waals surface area contributed by atoms with Crippen molar-refractivity contribution in [2.24, 2.45) is 0 Å². The summed E-state index contributed by atoms with van der Waals surface area (Å²) in [6.07, 6.45) is 3.38. The van der Waals surface area contributed by atoms with Gasteiger partial charge in [0.15, 0.2) is 6.61 Å². The van der Waals surface area contributed by atoms with E-state index in [-0.39, 0.29) is 12.5 Å². The third-order valence-corrected chi connectivity index (χ3v) is 4.07. The molecule has 0 radical (unpaired) electrons. The molecule has 0 fully saturated rings. The summed E-state index contributed by atoms with van der Waals surface area (Å²) in [4.78, 5) is 31.0. The van der Waals surface area contributed by atoms with E-state index in [1.54, 1.807) is 48.8 Å². The Morgan fingerprint density at radius 3 is 2.44 bits per heavy atom. The number of H-pyrrole nitrogens is 1. The summed E-state index contributed by atoms with van der Waals surface area (Å²) in [6.45, 7) is -0.343. The molecule has 25 heavy (non-hydrogen) atoms. The molecular weight excluding hydrogens is 433 g/mol. The molecule has 3 aromatic rings. The maximum atomic E-state index is 12.0. The average molecular weight is 447 g/mol. The van der Waals surface area contributed by atoms with Gasteiger partial charge in [0.05, 0.1) is 5.56 Å². The lowest BCUT2D eigenvalue weighted by molar-refractivity contribution is -0.119. The molecule has 0 bridgehead atoms. The highest BCUT2D eigenvalue weighted by atomic mass is 127. The van der Waals surface area contributed by atoms with Gasteiger partial charge in [-0.2, -0.15) is 0 Å². The van der Waals surface area contributed by atoms with Crippen molar-refractivity contribution in [3.63, 3.8) is 0 Å². The molecule has 0 spiro atoms. The first kappa shape index (κ1) is 17.2. The topological polar surface area (TPSA) is 84.1 Å². The summed E-state index contributed by atoms with van der Waals surface area (Å²) < 4.78 is 6.11. The highest BCUT2D eigenvalue weighted by Crippen LogP contribution is 2.15. The van der Waals surface area contributed by atoms with Crippen molar-refractivity contribution in [1.82, 2.24) is 9.97 Å². The normalized spacial score (nSPS) is 10.3. The van der Waals surface area contributed by atoms with Gasteiger partial charge in [-0.15, -0.1) is 0 Å². The minimum atomic E-state index is -0.552. The number of carbonyl (C=O) groups is 2. The zero-order valence-electron chi connectivity index (χ0n) is 13.0. The lowest BCUT2D eigenvalue weighted by Crippen LogP contribution is -2.20. The van der Waals surface area contributed by atoms with Crippen molar-refractivity contribution in [3.8, 4) is 11.4 Å². The Morgan fingerprint density at radius 1 is 1.08 bits per heavy atom. The number of nitrogens with zero attached hydrogens (tertiary/aromatic N) is 1. The van der Waals surface area contributed by atoms with E-state index >= 15 is 0 Å². The van der Waals surface area contributed by atoms with Gasteiger partial charge in [0, 0.05) is 27.2 Å². The molecule has 0 aliphatic carbocycles. The van der Waals surface area contributed by atoms with Crippen LogP contribution in [0.1, 0.15) is 10.4 Å². The molecule has 0 unspecified atom stereocenters. The number of anilines is 1.